The van der Waals surface area contributed by atoms with Gasteiger partial charge < -0.3 is 14.3 Å². The van der Waals surface area contributed by atoms with Crippen molar-refractivity contribution < 1.29 is 14.3 Å². The molecule has 0 aliphatic carbocycles. The molecule has 0 spiro atoms. The highest BCUT2D eigenvalue weighted by molar-refractivity contribution is 7.98. The number of fused-ring (bicyclic) bond motifs is 3. The first kappa shape index (κ1) is 15.2. The lowest BCUT2D eigenvalue weighted by molar-refractivity contribution is 0.276. The van der Waals surface area contributed by atoms with Crippen LogP contribution in [-0.2, 0) is 12.4 Å². The maximum Gasteiger partial charge on any atom is 0.195 e. The zero-order valence-electron chi connectivity index (χ0n) is 12.4. The van der Waals surface area contributed by atoms with Crippen LogP contribution in [0.15, 0.2) is 38.6 Å². The second-order valence-electron chi connectivity index (χ2n) is 5.20. The number of rotatable bonds is 5. The molecule has 1 aromatic carbocycles. The summed E-state index contributed by atoms with van der Waals surface area (Å²) in [5.41, 5.74) is 1.73. The highest BCUT2D eigenvalue weighted by Gasteiger charge is 2.23. The normalized spacial score (nSPS) is 12.6. The third-order valence-electron chi connectivity index (χ3n) is 3.67. The van der Waals surface area contributed by atoms with Crippen molar-refractivity contribution in [3.8, 4) is 17.1 Å². The van der Waals surface area contributed by atoms with Gasteiger partial charge in [-0.15, -0.1) is 11.8 Å². The van der Waals surface area contributed by atoms with Crippen LogP contribution in [0.5, 0.6) is 5.75 Å². The molecule has 0 amide bonds. The van der Waals surface area contributed by atoms with Crippen LogP contribution in [0, 0.1) is 0 Å². The van der Waals surface area contributed by atoms with Crippen LogP contribution in [0.4, 0.5) is 0 Å². The minimum atomic E-state index is -0.294. The number of benzene rings is 1. The van der Waals surface area contributed by atoms with Gasteiger partial charge in [0.15, 0.2) is 5.43 Å². The number of hydrogen-bond acceptors (Lipinski definition) is 5. The summed E-state index contributed by atoms with van der Waals surface area (Å²) in [5.74, 6) is 2.00. The fourth-order valence-corrected chi connectivity index (χ4v) is 3.48. The quantitative estimate of drug-likeness (QED) is 0.854. The Morgan fingerprint density at radius 2 is 2.27 bits per heavy atom. The van der Waals surface area contributed by atoms with Crippen LogP contribution in [0.2, 0.25) is 0 Å². The molecular formula is C17H18O4S. The van der Waals surface area contributed by atoms with Crippen molar-refractivity contribution in [2.75, 3.05) is 6.61 Å². The van der Waals surface area contributed by atoms with Crippen molar-refractivity contribution in [3.63, 3.8) is 0 Å². The van der Waals surface area contributed by atoms with E-state index >= 15 is 0 Å². The molecule has 5 heteroatoms. The van der Waals surface area contributed by atoms with Gasteiger partial charge in [-0.1, -0.05) is 13.3 Å². The standard InChI is InChI=1S/C17H18O4S/c1-2-3-6-20-12-4-5-13-15(7-12)22-10-14-16(19)11(8-18)9-21-17(13)14/h4-5,7,9,18H,2-3,6,8,10H2,1H3. The van der Waals surface area contributed by atoms with Crippen LogP contribution >= 0.6 is 11.8 Å². The maximum atomic E-state index is 12.2. The summed E-state index contributed by atoms with van der Waals surface area (Å²) in [4.78, 5) is 13.3. The van der Waals surface area contributed by atoms with E-state index in [0.717, 1.165) is 29.1 Å². The molecule has 1 aliphatic heterocycles. The number of ether oxygens (including phenoxy) is 1. The van der Waals surface area contributed by atoms with Crippen LogP contribution in [0.3, 0.4) is 0 Å². The topological polar surface area (TPSA) is 59.7 Å². The van der Waals surface area contributed by atoms with Gasteiger partial charge in [0.05, 0.1) is 24.3 Å². The minimum absolute atomic E-state index is 0.120. The Labute approximate surface area is 133 Å². The van der Waals surface area contributed by atoms with E-state index in [1.54, 1.807) is 11.8 Å². The van der Waals surface area contributed by atoms with Crippen molar-refractivity contribution in [2.24, 2.45) is 0 Å². The number of unbranched alkanes of at least 4 members (excludes halogenated alkanes) is 1. The van der Waals surface area contributed by atoms with E-state index in [9.17, 15) is 9.90 Å². The third-order valence-corrected chi connectivity index (χ3v) is 4.75. The highest BCUT2D eigenvalue weighted by atomic mass is 32.2. The van der Waals surface area contributed by atoms with Gasteiger partial charge in [0.2, 0.25) is 0 Å². The lowest BCUT2D eigenvalue weighted by Gasteiger charge is -2.18. The first-order chi connectivity index (χ1) is 10.7. The van der Waals surface area contributed by atoms with Crippen molar-refractivity contribution in [2.45, 2.75) is 37.0 Å². The molecule has 0 fully saturated rings. The predicted octanol–water partition coefficient (Wildman–Crippen LogP) is 3.58. The molecule has 4 nitrogen and oxygen atoms in total. The molecule has 3 rings (SSSR count). The largest absolute Gasteiger partial charge is 0.494 e. The van der Waals surface area contributed by atoms with E-state index in [-0.39, 0.29) is 12.0 Å². The van der Waals surface area contributed by atoms with Crippen LogP contribution in [0.25, 0.3) is 11.3 Å². The van der Waals surface area contributed by atoms with Crippen LogP contribution in [0.1, 0.15) is 30.9 Å². The van der Waals surface area contributed by atoms with Gasteiger partial charge in [-0.05, 0) is 24.6 Å². The average molecular weight is 318 g/mol. The maximum absolute atomic E-state index is 12.2. The van der Waals surface area contributed by atoms with Gasteiger partial charge in [-0.2, -0.15) is 0 Å². The molecule has 22 heavy (non-hydrogen) atoms. The van der Waals surface area contributed by atoms with Crippen molar-refractivity contribution in [1.29, 1.82) is 0 Å². The summed E-state index contributed by atoms with van der Waals surface area (Å²) in [5, 5.41) is 9.17. The molecule has 0 saturated carbocycles. The SMILES string of the molecule is CCCCOc1ccc2c(c1)SCc1c-2occ(CO)c1=O. The molecule has 1 N–H and O–H groups in total. The molecule has 0 atom stereocenters. The minimum Gasteiger partial charge on any atom is -0.494 e. The van der Waals surface area contributed by atoms with Gasteiger partial charge in [0.25, 0.3) is 0 Å². The van der Waals surface area contributed by atoms with Gasteiger partial charge in [-0.25, -0.2) is 0 Å². The number of hydrogen-bond donors (Lipinski definition) is 1. The van der Waals surface area contributed by atoms with E-state index in [1.807, 2.05) is 18.2 Å². The Hall–Kier alpha value is -1.72. The molecule has 1 aromatic heterocycles. The summed E-state index contributed by atoms with van der Waals surface area (Å²) in [6.45, 7) is 2.55. The lowest BCUT2D eigenvalue weighted by atomic mass is 10.1. The third kappa shape index (κ3) is 2.78. The lowest BCUT2D eigenvalue weighted by Crippen LogP contribution is -2.16. The van der Waals surface area contributed by atoms with Crippen LogP contribution in [-0.4, -0.2) is 11.7 Å². The smallest absolute Gasteiger partial charge is 0.195 e. The Balaban J connectivity index is 1.95. The Bertz CT molecular complexity index is 736. The van der Waals surface area contributed by atoms with Gasteiger partial charge in [0.1, 0.15) is 17.8 Å². The summed E-state index contributed by atoms with van der Waals surface area (Å²) in [6, 6.07) is 5.84. The first-order valence-electron chi connectivity index (χ1n) is 7.39. The van der Waals surface area contributed by atoms with E-state index < -0.39 is 0 Å². The van der Waals surface area contributed by atoms with E-state index in [1.165, 1.54) is 6.26 Å². The molecule has 1 aliphatic rings. The van der Waals surface area contributed by atoms with E-state index in [2.05, 4.69) is 6.92 Å². The molecule has 2 aromatic rings. The Morgan fingerprint density at radius 1 is 1.41 bits per heavy atom. The van der Waals surface area contributed by atoms with E-state index in [0.29, 0.717) is 29.2 Å². The Kier molecular flexibility index (Phi) is 4.55. The molecule has 116 valence electrons. The monoisotopic (exact) mass is 318 g/mol. The second kappa shape index (κ2) is 6.58. The number of thioether (sulfide) groups is 1. The zero-order chi connectivity index (χ0) is 15.5. The predicted molar refractivity (Wildman–Crippen MR) is 86.3 cm³/mol. The summed E-state index contributed by atoms with van der Waals surface area (Å²) >= 11 is 1.60. The molecule has 0 unspecified atom stereocenters. The van der Waals surface area contributed by atoms with Gasteiger partial charge in [-0.3, -0.25) is 4.79 Å². The fourth-order valence-electron chi connectivity index (χ4n) is 2.40. The van der Waals surface area contributed by atoms with Crippen molar-refractivity contribution in [1.82, 2.24) is 0 Å². The molecule has 0 saturated heterocycles. The van der Waals surface area contributed by atoms with E-state index in [4.69, 9.17) is 9.15 Å². The fraction of sp³-hybridized carbons (Fsp3) is 0.353. The van der Waals surface area contributed by atoms with Crippen molar-refractivity contribution in [3.05, 3.63) is 45.8 Å². The highest BCUT2D eigenvalue weighted by Crippen LogP contribution is 2.42. The average Bonchev–Trinajstić information content (AvgIpc) is 2.55. The van der Waals surface area contributed by atoms with Crippen molar-refractivity contribution >= 4 is 11.8 Å². The van der Waals surface area contributed by atoms with Gasteiger partial charge >= 0.3 is 0 Å². The number of aliphatic hydroxyl groups is 1. The summed E-state index contributed by atoms with van der Waals surface area (Å²) in [7, 11) is 0. The molecule has 0 radical (unpaired) electrons. The summed E-state index contributed by atoms with van der Waals surface area (Å²) in [6.07, 6.45) is 3.49. The summed E-state index contributed by atoms with van der Waals surface area (Å²) < 4.78 is 11.3. The number of aliphatic hydroxyl groups excluding tert-OH is 1. The molecule has 2 heterocycles. The van der Waals surface area contributed by atoms with Crippen LogP contribution < -0.4 is 10.2 Å². The second-order valence-corrected chi connectivity index (χ2v) is 6.22. The zero-order valence-corrected chi connectivity index (χ0v) is 13.2. The van der Waals surface area contributed by atoms with Gasteiger partial charge in [0, 0.05) is 16.2 Å². The first-order valence-corrected chi connectivity index (χ1v) is 8.37. The molecule has 0 bridgehead atoms. The Morgan fingerprint density at radius 3 is 3.05 bits per heavy atom. The molecular weight excluding hydrogens is 300 g/mol.